The van der Waals surface area contributed by atoms with E-state index >= 15 is 0 Å². The number of hydrogen-bond donors (Lipinski definition) is 0. The van der Waals surface area contributed by atoms with Crippen molar-refractivity contribution in [1.29, 1.82) is 0 Å². The number of carbonyl (C=O) groups is 1. The average molecular weight is 360 g/mol. The van der Waals surface area contributed by atoms with Crippen LogP contribution in [-0.2, 0) is 14.3 Å². The van der Waals surface area contributed by atoms with Crippen molar-refractivity contribution in [3.05, 3.63) is 77.4 Å². The molecule has 4 nitrogen and oxygen atoms in total. The van der Waals surface area contributed by atoms with Crippen molar-refractivity contribution in [2.24, 2.45) is 5.92 Å². The Balaban J connectivity index is 1.95. The number of methoxy groups -OCH3 is 1. The van der Waals surface area contributed by atoms with Gasteiger partial charge in [-0.15, -0.1) is 0 Å². The lowest BCUT2D eigenvalue weighted by atomic mass is 9.61. The van der Waals surface area contributed by atoms with E-state index in [0.717, 1.165) is 5.56 Å². The summed E-state index contributed by atoms with van der Waals surface area (Å²) in [5.41, 5.74) is 0.943. The van der Waals surface area contributed by atoms with E-state index in [2.05, 4.69) is 5.94 Å². The van der Waals surface area contributed by atoms with Crippen molar-refractivity contribution < 1.29 is 19.1 Å². The molecule has 3 aliphatic rings. The van der Waals surface area contributed by atoms with Gasteiger partial charge in [0.1, 0.15) is 28.8 Å². The Hall–Kier alpha value is -2.94. The molecule has 2 bridgehead atoms. The highest BCUT2D eigenvalue weighted by Crippen LogP contribution is 2.52. The lowest BCUT2D eigenvalue weighted by molar-refractivity contribution is -0.134. The van der Waals surface area contributed by atoms with Crippen LogP contribution in [0.15, 0.2) is 71.8 Å². The average Bonchev–Trinajstić information content (AvgIpc) is 2.73. The molecular weight excluding hydrogens is 340 g/mol. The second kappa shape index (κ2) is 6.99. The summed E-state index contributed by atoms with van der Waals surface area (Å²) in [4.78, 5) is 24.7. The van der Waals surface area contributed by atoms with Gasteiger partial charge in [-0.05, 0) is 25.0 Å². The lowest BCUT2D eigenvalue weighted by Gasteiger charge is -2.46. The van der Waals surface area contributed by atoms with Crippen LogP contribution < -0.4 is 4.74 Å². The Morgan fingerprint density at radius 2 is 1.74 bits per heavy atom. The third-order valence-electron chi connectivity index (χ3n) is 5.50. The van der Waals surface area contributed by atoms with Crippen molar-refractivity contribution in [3.8, 4) is 5.75 Å². The van der Waals surface area contributed by atoms with Crippen molar-refractivity contribution in [2.75, 3.05) is 7.11 Å². The summed E-state index contributed by atoms with van der Waals surface area (Å²) in [6, 6.07) is 18.9. The molecular formula is C23H20O4. The number of fused-ring (bicyclic) bond motifs is 3. The molecule has 4 heteroatoms. The van der Waals surface area contributed by atoms with E-state index in [1.54, 1.807) is 7.11 Å². The molecule has 0 saturated heterocycles. The maximum Gasteiger partial charge on any atom is 0.143 e. The Labute approximate surface area is 158 Å². The molecule has 27 heavy (non-hydrogen) atoms. The standard InChI is InChI=1S/C23H20O4/c1-26-23-13-12-18(20(25)14-23)21(19(23)15-24)22(16-8-4-2-5-9-16)27-17-10-6-3-7-11-17/h2-11,18H,12-14H2,1H3/b22-21+/t18-,23-/m1/s1. The first-order valence-corrected chi connectivity index (χ1v) is 9.05. The maximum atomic E-state index is 12.8. The van der Waals surface area contributed by atoms with Crippen LogP contribution >= 0.6 is 0 Å². The van der Waals surface area contributed by atoms with Crippen LogP contribution in [0.5, 0.6) is 5.75 Å². The van der Waals surface area contributed by atoms with Gasteiger partial charge >= 0.3 is 0 Å². The highest BCUT2D eigenvalue weighted by Gasteiger charge is 2.54. The minimum Gasteiger partial charge on any atom is -0.456 e. The van der Waals surface area contributed by atoms with Crippen molar-refractivity contribution in [3.63, 3.8) is 0 Å². The summed E-state index contributed by atoms with van der Waals surface area (Å²) in [6.07, 6.45) is 1.50. The Morgan fingerprint density at radius 1 is 1.07 bits per heavy atom. The Kier molecular flexibility index (Phi) is 4.53. The molecule has 0 unspecified atom stereocenters. The van der Waals surface area contributed by atoms with Gasteiger partial charge in [0, 0.05) is 30.6 Å². The lowest BCUT2D eigenvalue weighted by Crippen LogP contribution is -2.50. The largest absolute Gasteiger partial charge is 0.456 e. The van der Waals surface area contributed by atoms with Gasteiger partial charge in [0.25, 0.3) is 0 Å². The third-order valence-corrected chi connectivity index (χ3v) is 5.50. The molecule has 2 atom stereocenters. The Bertz CT molecular complexity index is 939. The molecule has 2 aromatic carbocycles. The number of benzene rings is 2. The van der Waals surface area contributed by atoms with Gasteiger partial charge in [-0.25, -0.2) is 4.79 Å². The van der Waals surface area contributed by atoms with Crippen molar-refractivity contribution >= 4 is 17.5 Å². The van der Waals surface area contributed by atoms with Gasteiger partial charge in [-0.1, -0.05) is 48.5 Å². The second-order valence-electron chi connectivity index (χ2n) is 6.93. The van der Waals surface area contributed by atoms with E-state index < -0.39 is 5.60 Å². The molecule has 0 spiro atoms. The molecule has 2 aromatic rings. The topological polar surface area (TPSA) is 52.6 Å². The Morgan fingerprint density at radius 3 is 2.33 bits per heavy atom. The minimum atomic E-state index is -0.900. The van der Waals surface area contributed by atoms with Gasteiger partial charge in [0.15, 0.2) is 0 Å². The predicted octanol–water partition coefficient (Wildman–Crippen LogP) is 4.00. The van der Waals surface area contributed by atoms with Crippen LogP contribution in [0.1, 0.15) is 24.8 Å². The summed E-state index contributed by atoms with van der Waals surface area (Å²) in [5.74, 6) is 2.98. The zero-order chi connectivity index (χ0) is 18.9. The molecule has 3 saturated carbocycles. The number of hydrogen-bond acceptors (Lipinski definition) is 4. The molecule has 0 heterocycles. The highest BCUT2D eigenvalue weighted by atomic mass is 16.5. The minimum absolute atomic E-state index is 0.0854. The monoisotopic (exact) mass is 360 g/mol. The van der Waals surface area contributed by atoms with E-state index in [9.17, 15) is 9.59 Å². The number of Topliss-reactive ketones (excluding diaryl/α,β-unsaturated/α-hetero) is 1. The molecule has 0 N–H and O–H groups in total. The van der Waals surface area contributed by atoms with E-state index in [4.69, 9.17) is 9.47 Å². The van der Waals surface area contributed by atoms with Crippen LogP contribution in [0.25, 0.3) is 5.76 Å². The van der Waals surface area contributed by atoms with Gasteiger partial charge < -0.3 is 9.47 Å². The fourth-order valence-electron chi connectivity index (χ4n) is 4.13. The summed E-state index contributed by atoms with van der Waals surface area (Å²) >= 11 is 0. The zero-order valence-electron chi connectivity index (χ0n) is 15.1. The van der Waals surface area contributed by atoms with Crippen LogP contribution in [-0.4, -0.2) is 24.4 Å². The number of ketones is 1. The highest BCUT2D eigenvalue weighted by molar-refractivity contribution is 5.96. The van der Waals surface area contributed by atoms with E-state index in [1.165, 1.54) is 0 Å². The molecule has 0 aliphatic heterocycles. The van der Waals surface area contributed by atoms with Crippen molar-refractivity contribution in [2.45, 2.75) is 24.9 Å². The SMILES string of the molecule is CO[C@]12CC[C@H](C(=O)C1)/C(=C(\Oc1ccccc1)c1ccccc1)C2=C=O. The molecule has 0 amide bonds. The second-order valence-corrected chi connectivity index (χ2v) is 6.93. The van der Waals surface area contributed by atoms with E-state index in [-0.39, 0.29) is 18.1 Å². The number of para-hydroxylation sites is 1. The fraction of sp³-hybridized carbons (Fsp3) is 0.261. The van der Waals surface area contributed by atoms with Gasteiger partial charge in [-0.3, -0.25) is 4.79 Å². The van der Waals surface area contributed by atoms with Gasteiger partial charge in [-0.2, -0.15) is 0 Å². The quantitative estimate of drug-likeness (QED) is 0.611. The van der Waals surface area contributed by atoms with E-state index in [0.29, 0.717) is 35.5 Å². The van der Waals surface area contributed by atoms with Gasteiger partial charge in [0.05, 0.1) is 5.57 Å². The van der Waals surface area contributed by atoms with E-state index in [1.807, 2.05) is 60.7 Å². The van der Waals surface area contributed by atoms with Crippen LogP contribution in [0, 0.1) is 5.92 Å². The first-order chi connectivity index (χ1) is 13.2. The molecule has 3 aliphatic carbocycles. The van der Waals surface area contributed by atoms with Gasteiger partial charge in [0.2, 0.25) is 0 Å². The third kappa shape index (κ3) is 2.93. The number of rotatable bonds is 4. The molecule has 3 fully saturated rings. The number of ether oxygens (including phenoxy) is 2. The molecule has 136 valence electrons. The summed E-state index contributed by atoms with van der Waals surface area (Å²) in [5, 5.41) is 0. The molecule has 0 radical (unpaired) electrons. The fourth-order valence-corrected chi connectivity index (χ4v) is 4.13. The first kappa shape index (κ1) is 17.5. The summed E-state index contributed by atoms with van der Waals surface area (Å²) in [7, 11) is 1.55. The van der Waals surface area contributed by atoms with Crippen LogP contribution in [0.4, 0.5) is 0 Å². The first-order valence-electron chi connectivity index (χ1n) is 9.05. The van der Waals surface area contributed by atoms with Crippen LogP contribution in [0.3, 0.4) is 0 Å². The predicted molar refractivity (Wildman–Crippen MR) is 102 cm³/mol. The zero-order valence-corrected chi connectivity index (χ0v) is 15.1. The smallest absolute Gasteiger partial charge is 0.143 e. The summed E-state index contributed by atoms with van der Waals surface area (Å²) in [6.45, 7) is 0. The summed E-state index contributed by atoms with van der Waals surface area (Å²) < 4.78 is 11.9. The maximum absolute atomic E-state index is 12.8. The molecule has 0 aromatic heterocycles. The normalized spacial score (nSPS) is 25.9. The van der Waals surface area contributed by atoms with Crippen LogP contribution in [0.2, 0.25) is 0 Å². The van der Waals surface area contributed by atoms with Crippen molar-refractivity contribution in [1.82, 2.24) is 0 Å². The number of carbonyl (C=O) groups excluding carboxylic acids is 2. The molecule has 5 rings (SSSR count).